The molecule has 0 radical (unpaired) electrons. The van der Waals surface area contributed by atoms with Crippen LogP contribution >= 0.6 is 11.6 Å². The van der Waals surface area contributed by atoms with Gasteiger partial charge in [-0.1, -0.05) is 32.4 Å². The second kappa shape index (κ2) is 3.24. The highest BCUT2D eigenvalue weighted by Crippen LogP contribution is 2.30. The Hall–Kier alpha value is -1.02. The zero-order valence-electron chi connectivity index (χ0n) is 9.50. The number of hydrogen-bond donors (Lipinski definition) is 0. The third-order valence-electron chi connectivity index (χ3n) is 2.64. The normalized spacial score (nSPS) is 12.3. The van der Waals surface area contributed by atoms with E-state index in [9.17, 15) is 0 Å². The van der Waals surface area contributed by atoms with Gasteiger partial charge in [0.1, 0.15) is 5.65 Å². The van der Waals surface area contributed by atoms with Gasteiger partial charge in [-0.05, 0) is 12.1 Å². The fraction of sp³-hybridized carbons (Fsp3) is 0.417. The van der Waals surface area contributed by atoms with Gasteiger partial charge in [0.15, 0.2) is 0 Å². The summed E-state index contributed by atoms with van der Waals surface area (Å²) in [7, 11) is 2.03. The first-order valence-corrected chi connectivity index (χ1v) is 5.39. The number of nitrogens with zero attached hydrogens (tertiary/aromatic N) is 2. The molecule has 0 aliphatic rings. The zero-order chi connectivity index (χ0) is 11.2. The molecule has 2 aromatic rings. The molecule has 0 aliphatic heterocycles. The van der Waals surface area contributed by atoms with Gasteiger partial charge in [-0.2, -0.15) is 0 Å². The van der Waals surface area contributed by atoms with Crippen LogP contribution in [0.15, 0.2) is 18.3 Å². The van der Waals surface area contributed by atoms with Crippen LogP contribution in [0.2, 0.25) is 5.02 Å². The van der Waals surface area contributed by atoms with Crippen LogP contribution in [0.3, 0.4) is 0 Å². The van der Waals surface area contributed by atoms with E-state index in [1.165, 1.54) is 5.69 Å². The Morgan fingerprint density at radius 3 is 2.53 bits per heavy atom. The monoisotopic (exact) mass is 222 g/mol. The van der Waals surface area contributed by atoms with E-state index in [1.807, 2.05) is 13.1 Å². The van der Waals surface area contributed by atoms with Crippen LogP contribution in [0.1, 0.15) is 26.5 Å². The van der Waals surface area contributed by atoms with Gasteiger partial charge < -0.3 is 4.57 Å². The van der Waals surface area contributed by atoms with Crippen LogP contribution in [-0.4, -0.2) is 9.55 Å². The molecule has 0 aromatic carbocycles. The standard InChI is InChI=1S/C12H15ClN2/c1-12(2,3)10-7-8-9(13)5-6-14-11(8)15(10)4/h5-7H,1-4H3. The molecule has 0 unspecified atom stereocenters. The summed E-state index contributed by atoms with van der Waals surface area (Å²) in [6.07, 6.45) is 1.75. The van der Waals surface area contributed by atoms with Gasteiger partial charge in [-0.25, -0.2) is 4.98 Å². The fourth-order valence-corrected chi connectivity index (χ4v) is 2.10. The molecule has 0 atom stereocenters. The minimum Gasteiger partial charge on any atom is -0.332 e. The van der Waals surface area contributed by atoms with Crippen molar-refractivity contribution in [1.82, 2.24) is 9.55 Å². The molecule has 0 bridgehead atoms. The summed E-state index contributed by atoms with van der Waals surface area (Å²) < 4.78 is 2.11. The van der Waals surface area contributed by atoms with Crippen molar-refractivity contribution < 1.29 is 0 Å². The Kier molecular flexibility index (Phi) is 2.27. The Balaban J connectivity index is 2.81. The first-order chi connectivity index (χ1) is 6.91. The molecule has 0 saturated carbocycles. The zero-order valence-corrected chi connectivity index (χ0v) is 10.3. The highest BCUT2D eigenvalue weighted by Gasteiger charge is 2.20. The highest BCUT2D eigenvalue weighted by atomic mass is 35.5. The molecule has 2 aromatic heterocycles. The van der Waals surface area contributed by atoms with Gasteiger partial charge in [0, 0.05) is 29.7 Å². The van der Waals surface area contributed by atoms with E-state index in [0.29, 0.717) is 0 Å². The summed E-state index contributed by atoms with van der Waals surface area (Å²) >= 11 is 6.14. The molecule has 0 N–H and O–H groups in total. The van der Waals surface area contributed by atoms with Crippen molar-refractivity contribution in [1.29, 1.82) is 0 Å². The lowest BCUT2D eigenvalue weighted by Crippen LogP contribution is -2.15. The molecule has 15 heavy (non-hydrogen) atoms. The smallest absolute Gasteiger partial charge is 0.141 e. The lowest BCUT2D eigenvalue weighted by atomic mass is 9.92. The van der Waals surface area contributed by atoms with E-state index < -0.39 is 0 Å². The lowest BCUT2D eigenvalue weighted by Gasteiger charge is -2.19. The third-order valence-corrected chi connectivity index (χ3v) is 2.97. The SMILES string of the molecule is Cn1c(C(C)(C)C)cc2c(Cl)ccnc21. The second-order valence-corrected chi connectivity index (χ2v) is 5.28. The molecule has 0 aliphatic carbocycles. The number of halogens is 1. The summed E-state index contributed by atoms with van der Waals surface area (Å²) in [6.45, 7) is 6.57. The molecule has 0 amide bonds. The quantitative estimate of drug-likeness (QED) is 0.667. The van der Waals surface area contributed by atoms with E-state index in [1.54, 1.807) is 6.20 Å². The fourth-order valence-electron chi connectivity index (χ4n) is 1.91. The first-order valence-electron chi connectivity index (χ1n) is 5.01. The van der Waals surface area contributed by atoms with E-state index >= 15 is 0 Å². The predicted octanol–water partition coefficient (Wildman–Crippen LogP) is 3.52. The van der Waals surface area contributed by atoms with Gasteiger partial charge in [-0.15, -0.1) is 0 Å². The van der Waals surface area contributed by atoms with E-state index in [0.717, 1.165) is 16.1 Å². The van der Waals surface area contributed by atoms with Crippen molar-refractivity contribution in [3.8, 4) is 0 Å². The molecular weight excluding hydrogens is 208 g/mol. The van der Waals surface area contributed by atoms with Gasteiger partial charge >= 0.3 is 0 Å². The maximum atomic E-state index is 6.14. The minimum absolute atomic E-state index is 0.110. The number of aryl methyl sites for hydroxylation is 1. The van der Waals surface area contributed by atoms with Crippen LogP contribution < -0.4 is 0 Å². The lowest BCUT2D eigenvalue weighted by molar-refractivity contribution is 0.546. The minimum atomic E-state index is 0.110. The van der Waals surface area contributed by atoms with Crippen LogP contribution in [0.25, 0.3) is 11.0 Å². The van der Waals surface area contributed by atoms with Gasteiger partial charge in [0.05, 0.1) is 5.02 Å². The Morgan fingerprint density at radius 2 is 2.00 bits per heavy atom. The predicted molar refractivity (Wildman–Crippen MR) is 64.4 cm³/mol. The summed E-state index contributed by atoms with van der Waals surface area (Å²) in [5, 5.41) is 1.80. The van der Waals surface area contributed by atoms with Crippen molar-refractivity contribution in [2.24, 2.45) is 7.05 Å². The largest absolute Gasteiger partial charge is 0.332 e. The Morgan fingerprint density at radius 1 is 1.33 bits per heavy atom. The number of rotatable bonds is 0. The second-order valence-electron chi connectivity index (χ2n) is 4.87. The average molecular weight is 223 g/mol. The summed E-state index contributed by atoms with van der Waals surface area (Å²) in [6, 6.07) is 3.96. The number of fused-ring (bicyclic) bond motifs is 1. The van der Waals surface area contributed by atoms with Crippen molar-refractivity contribution in [2.75, 3.05) is 0 Å². The van der Waals surface area contributed by atoms with Gasteiger partial charge in [0.25, 0.3) is 0 Å². The molecule has 0 fully saturated rings. The number of hydrogen-bond acceptors (Lipinski definition) is 1. The van der Waals surface area contributed by atoms with Crippen molar-refractivity contribution in [2.45, 2.75) is 26.2 Å². The van der Waals surface area contributed by atoms with Crippen LogP contribution in [-0.2, 0) is 12.5 Å². The molecule has 0 saturated heterocycles. The van der Waals surface area contributed by atoms with Crippen molar-refractivity contribution in [3.05, 3.63) is 29.0 Å². The van der Waals surface area contributed by atoms with E-state index in [4.69, 9.17) is 11.6 Å². The first kappa shape index (κ1) is 10.5. The van der Waals surface area contributed by atoms with Gasteiger partial charge in [0.2, 0.25) is 0 Å². The van der Waals surface area contributed by atoms with Crippen LogP contribution in [0.5, 0.6) is 0 Å². The molecular formula is C12H15ClN2. The van der Waals surface area contributed by atoms with Gasteiger partial charge in [-0.3, -0.25) is 0 Å². The average Bonchev–Trinajstić information content (AvgIpc) is 2.45. The third kappa shape index (κ3) is 1.63. The number of aromatic nitrogens is 2. The Labute approximate surface area is 94.9 Å². The highest BCUT2D eigenvalue weighted by molar-refractivity contribution is 6.35. The molecule has 2 nitrogen and oxygen atoms in total. The van der Waals surface area contributed by atoms with Crippen LogP contribution in [0.4, 0.5) is 0 Å². The molecule has 2 rings (SSSR count). The Bertz CT molecular complexity index is 506. The summed E-state index contributed by atoms with van der Waals surface area (Å²) in [5.74, 6) is 0. The maximum Gasteiger partial charge on any atom is 0.141 e. The van der Waals surface area contributed by atoms with Crippen LogP contribution in [0, 0.1) is 0 Å². The van der Waals surface area contributed by atoms with Crippen molar-refractivity contribution in [3.63, 3.8) is 0 Å². The molecule has 80 valence electrons. The van der Waals surface area contributed by atoms with E-state index in [2.05, 4.69) is 36.4 Å². The van der Waals surface area contributed by atoms with E-state index in [-0.39, 0.29) is 5.41 Å². The maximum absolute atomic E-state index is 6.14. The molecule has 0 spiro atoms. The molecule has 3 heteroatoms. The topological polar surface area (TPSA) is 17.8 Å². The summed E-state index contributed by atoms with van der Waals surface area (Å²) in [5.41, 5.74) is 2.31. The molecule has 2 heterocycles. The number of pyridine rings is 1. The van der Waals surface area contributed by atoms with Crippen molar-refractivity contribution >= 4 is 22.6 Å². The summed E-state index contributed by atoms with van der Waals surface area (Å²) in [4.78, 5) is 4.35.